The summed E-state index contributed by atoms with van der Waals surface area (Å²) < 4.78 is 5.28. The number of nitrogens with zero attached hydrogens (tertiary/aromatic N) is 2. The molecule has 3 rings (SSSR count). The molecule has 2 aromatic carbocycles. The van der Waals surface area contributed by atoms with Crippen LogP contribution in [0.3, 0.4) is 0 Å². The van der Waals surface area contributed by atoms with Gasteiger partial charge >= 0.3 is 0 Å². The van der Waals surface area contributed by atoms with Crippen molar-refractivity contribution in [2.75, 3.05) is 0 Å². The minimum Gasteiger partial charge on any atom is -0.334 e. The van der Waals surface area contributed by atoms with Crippen molar-refractivity contribution >= 4 is 13.3 Å². The van der Waals surface area contributed by atoms with Gasteiger partial charge in [0.2, 0.25) is 5.82 Å². The fraction of sp³-hybridized carbons (Fsp3) is 0.0667. The van der Waals surface area contributed by atoms with E-state index in [1.807, 2.05) is 55.5 Å². The van der Waals surface area contributed by atoms with E-state index in [0.717, 1.165) is 16.7 Å². The summed E-state index contributed by atoms with van der Waals surface area (Å²) in [6.45, 7) is 2.03. The second kappa shape index (κ2) is 4.73. The van der Waals surface area contributed by atoms with Crippen LogP contribution in [0.25, 0.3) is 22.8 Å². The third-order valence-corrected chi connectivity index (χ3v) is 2.89. The Hall–Kier alpha value is -2.36. The Morgan fingerprint density at radius 3 is 2.68 bits per heavy atom. The van der Waals surface area contributed by atoms with Crippen LogP contribution in [0.1, 0.15) is 5.56 Å². The van der Waals surface area contributed by atoms with E-state index >= 15 is 0 Å². The molecule has 1 aromatic heterocycles. The van der Waals surface area contributed by atoms with Crippen molar-refractivity contribution in [2.24, 2.45) is 0 Å². The highest BCUT2D eigenvalue weighted by Crippen LogP contribution is 2.21. The average Bonchev–Trinajstić information content (AvgIpc) is 2.89. The van der Waals surface area contributed by atoms with Crippen LogP contribution in [0.2, 0.25) is 0 Å². The molecule has 4 heteroatoms. The number of benzene rings is 2. The summed E-state index contributed by atoms with van der Waals surface area (Å²) in [6, 6.07) is 15.4. The van der Waals surface area contributed by atoms with Gasteiger partial charge in [0.25, 0.3) is 5.89 Å². The fourth-order valence-corrected chi connectivity index (χ4v) is 1.93. The van der Waals surface area contributed by atoms with Gasteiger partial charge in [0.1, 0.15) is 7.85 Å². The number of hydrogen-bond acceptors (Lipinski definition) is 3. The van der Waals surface area contributed by atoms with Gasteiger partial charge in [-0.2, -0.15) is 4.98 Å². The quantitative estimate of drug-likeness (QED) is 0.652. The van der Waals surface area contributed by atoms with Gasteiger partial charge in [-0.1, -0.05) is 58.6 Å². The lowest BCUT2D eigenvalue weighted by Crippen LogP contribution is -2.05. The zero-order valence-electron chi connectivity index (χ0n) is 10.5. The van der Waals surface area contributed by atoms with Crippen molar-refractivity contribution in [3.05, 3.63) is 54.1 Å². The van der Waals surface area contributed by atoms with Gasteiger partial charge in [0.15, 0.2) is 0 Å². The molecule has 2 radical (unpaired) electrons. The van der Waals surface area contributed by atoms with E-state index in [0.29, 0.717) is 17.2 Å². The Bertz CT molecular complexity index is 721. The van der Waals surface area contributed by atoms with Crippen molar-refractivity contribution < 1.29 is 4.52 Å². The molecule has 3 aromatic rings. The standard InChI is InChI=1S/C15H11BN2O/c1-10-5-4-6-11(9-10)14-17-15(19-18-14)12-7-2-3-8-13(12)16/h2-9H,1H3. The first-order chi connectivity index (χ1) is 9.24. The Balaban J connectivity index is 2.03. The lowest BCUT2D eigenvalue weighted by Gasteiger charge is -1.98. The van der Waals surface area contributed by atoms with Gasteiger partial charge in [-0.15, -0.1) is 0 Å². The number of aryl methyl sites for hydroxylation is 1. The molecule has 0 aliphatic heterocycles. The average molecular weight is 246 g/mol. The normalized spacial score (nSPS) is 10.6. The Morgan fingerprint density at radius 2 is 1.89 bits per heavy atom. The molecule has 0 spiro atoms. The van der Waals surface area contributed by atoms with Gasteiger partial charge in [-0.05, 0) is 13.0 Å². The molecule has 0 fully saturated rings. The molecule has 1 heterocycles. The molecule has 19 heavy (non-hydrogen) atoms. The zero-order chi connectivity index (χ0) is 13.2. The number of hydrogen-bond donors (Lipinski definition) is 0. The summed E-state index contributed by atoms with van der Waals surface area (Å²) in [7, 11) is 5.90. The lowest BCUT2D eigenvalue weighted by atomic mass is 9.91. The van der Waals surface area contributed by atoms with E-state index < -0.39 is 0 Å². The van der Waals surface area contributed by atoms with Crippen LogP contribution in [-0.2, 0) is 0 Å². The van der Waals surface area contributed by atoms with Crippen LogP contribution < -0.4 is 5.46 Å². The summed E-state index contributed by atoms with van der Waals surface area (Å²) in [6.07, 6.45) is 0. The van der Waals surface area contributed by atoms with Crippen molar-refractivity contribution in [1.82, 2.24) is 10.1 Å². The van der Waals surface area contributed by atoms with E-state index in [1.54, 1.807) is 0 Å². The maximum absolute atomic E-state index is 5.90. The van der Waals surface area contributed by atoms with E-state index in [1.165, 1.54) is 0 Å². The van der Waals surface area contributed by atoms with Gasteiger partial charge in [-0.3, -0.25) is 0 Å². The first-order valence-corrected chi connectivity index (χ1v) is 5.99. The summed E-state index contributed by atoms with van der Waals surface area (Å²) in [5.41, 5.74) is 3.48. The second-order valence-corrected chi connectivity index (χ2v) is 4.38. The molecule has 0 amide bonds. The van der Waals surface area contributed by atoms with Crippen LogP contribution in [0.15, 0.2) is 53.1 Å². The van der Waals surface area contributed by atoms with Gasteiger partial charge in [-0.25, -0.2) is 0 Å². The largest absolute Gasteiger partial charge is 0.334 e. The monoisotopic (exact) mass is 246 g/mol. The minimum atomic E-state index is 0.439. The predicted octanol–water partition coefficient (Wildman–Crippen LogP) is 2.51. The minimum absolute atomic E-state index is 0.439. The Morgan fingerprint density at radius 1 is 1.05 bits per heavy atom. The smallest absolute Gasteiger partial charge is 0.257 e. The third-order valence-electron chi connectivity index (χ3n) is 2.89. The van der Waals surface area contributed by atoms with E-state index in [2.05, 4.69) is 10.1 Å². The molecule has 90 valence electrons. The van der Waals surface area contributed by atoms with Crippen molar-refractivity contribution in [2.45, 2.75) is 6.92 Å². The molecular formula is C15H11BN2O. The Kier molecular flexibility index (Phi) is 2.92. The number of aromatic nitrogens is 2. The summed E-state index contributed by atoms with van der Waals surface area (Å²) in [5.74, 6) is 1.01. The maximum Gasteiger partial charge on any atom is 0.257 e. The van der Waals surface area contributed by atoms with Crippen molar-refractivity contribution in [3.8, 4) is 22.8 Å². The van der Waals surface area contributed by atoms with Crippen molar-refractivity contribution in [3.63, 3.8) is 0 Å². The van der Waals surface area contributed by atoms with Gasteiger partial charge < -0.3 is 4.52 Å². The highest BCUT2D eigenvalue weighted by atomic mass is 16.5. The van der Waals surface area contributed by atoms with E-state index in [-0.39, 0.29) is 0 Å². The summed E-state index contributed by atoms with van der Waals surface area (Å²) in [4.78, 5) is 4.39. The molecule has 0 saturated carbocycles. The molecule has 0 unspecified atom stereocenters. The van der Waals surface area contributed by atoms with Gasteiger partial charge in [0.05, 0.1) is 0 Å². The molecule has 0 saturated heterocycles. The van der Waals surface area contributed by atoms with E-state index in [4.69, 9.17) is 12.4 Å². The van der Waals surface area contributed by atoms with Crippen LogP contribution in [0, 0.1) is 6.92 Å². The van der Waals surface area contributed by atoms with Crippen molar-refractivity contribution in [1.29, 1.82) is 0 Å². The van der Waals surface area contributed by atoms with E-state index in [9.17, 15) is 0 Å². The molecule has 0 aliphatic rings. The molecular weight excluding hydrogens is 235 g/mol. The van der Waals surface area contributed by atoms with Crippen LogP contribution in [0.4, 0.5) is 0 Å². The third kappa shape index (κ3) is 2.29. The fourth-order valence-electron chi connectivity index (χ4n) is 1.93. The molecule has 0 N–H and O–H groups in total. The SMILES string of the molecule is [B]c1ccccc1-c1nc(-c2cccc(C)c2)no1. The summed E-state index contributed by atoms with van der Waals surface area (Å²) >= 11 is 0. The Labute approximate surface area is 112 Å². The molecule has 0 atom stereocenters. The van der Waals surface area contributed by atoms with Crippen LogP contribution in [0.5, 0.6) is 0 Å². The topological polar surface area (TPSA) is 38.9 Å². The maximum atomic E-state index is 5.90. The highest BCUT2D eigenvalue weighted by molar-refractivity contribution is 6.35. The first-order valence-electron chi connectivity index (χ1n) is 5.99. The predicted molar refractivity (Wildman–Crippen MR) is 75.3 cm³/mol. The molecule has 3 nitrogen and oxygen atoms in total. The van der Waals surface area contributed by atoms with Gasteiger partial charge in [0, 0.05) is 11.1 Å². The lowest BCUT2D eigenvalue weighted by molar-refractivity contribution is 0.432. The van der Waals surface area contributed by atoms with Crippen LogP contribution >= 0.6 is 0 Å². The molecule has 0 bridgehead atoms. The molecule has 0 aliphatic carbocycles. The summed E-state index contributed by atoms with van der Waals surface area (Å²) in [5, 5.41) is 4.00. The number of rotatable bonds is 2. The second-order valence-electron chi connectivity index (χ2n) is 4.38. The first kappa shape index (κ1) is 11.7. The van der Waals surface area contributed by atoms with Crippen LogP contribution in [-0.4, -0.2) is 18.0 Å². The highest BCUT2D eigenvalue weighted by Gasteiger charge is 2.11. The zero-order valence-corrected chi connectivity index (χ0v) is 10.5.